The number of benzene rings is 1. The molecule has 2 unspecified atom stereocenters. The first-order valence-electron chi connectivity index (χ1n) is 6.17. The molecule has 0 heterocycles. The molecule has 0 aromatic heterocycles. The first-order chi connectivity index (χ1) is 7.70. The van der Waals surface area contributed by atoms with Crippen molar-refractivity contribution in [2.75, 3.05) is 0 Å². The molecule has 1 heteroatoms. The molecule has 1 nitrogen and oxygen atoms in total. The average molecular weight is 215 g/mol. The van der Waals surface area contributed by atoms with Gasteiger partial charge in [-0.15, -0.1) is 6.58 Å². The third kappa shape index (κ3) is 2.35. The van der Waals surface area contributed by atoms with Crippen molar-refractivity contribution in [3.8, 4) is 0 Å². The predicted octanol–water partition coefficient (Wildman–Crippen LogP) is 3.54. The van der Waals surface area contributed by atoms with E-state index in [9.17, 15) is 0 Å². The molecule has 2 atom stereocenters. The maximum Gasteiger partial charge on any atom is 0.0328 e. The second-order valence-electron chi connectivity index (χ2n) is 4.89. The van der Waals surface area contributed by atoms with Gasteiger partial charge >= 0.3 is 0 Å². The van der Waals surface area contributed by atoms with Gasteiger partial charge < -0.3 is 5.32 Å². The maximum atomic E-state index is 3.79. The summed E-state index contributed by atoms with van der Waals surface area (Å²) < 4.78 is 0. The number of aryl methyl sites for hydroxylation is 2. The molecule has 1 N–H and O–H groups in total. The zero-order valence-electron chi connectivity index (χ0n) is 10.3. The van der Waals surface area contributed by atoms with Gasteiger partial charge in [0.1, 0.15) is 0 Å². The van der Waals surface area contributed by atoms with Crippen LogP contribution in [0.15, 0.2) is 30.9 Å². The van der Waals surface area contributed by atoms with Crippen LogP contribution in [0.3, 0.4) is 0 Å². The van der Waals surface area contributed by atoms with Gasteiger partial charge in [-0.05, 0) is 44.2 Å². The normalized spacial score (nSPS) is 20.5. The van der Waals surface area contributed by atoms with Gasteiger partial charge in [-0.1, -0.05) is 29.8 Å². The fourth-order valence-electron chi connectivity index (χ4n) is 2.58. The van der Waals surface area contributed by atoms with E-state index >= 15 is 0 Å². The van der Waals surface area contributed by atoms with E-state index in [0.717, 1.165) is 6.42 Å². The SMILES string of the molecule is C=CCC(C)NC1CCc2cc(C)ccc21. The van der Waals surface area contributed by atoms with E-state index < -0.39 is 0 Å². The quantitative estimate of drug-likeness (QED) is 0.758. The largest absolute Gasteiger partial charge is 0.307 e. The molecule has 16 heavy (non-hydrogen) atoms. The van der Waals surface area contributed by atoms with Crippen molar-refractivity contribution in [2.24, 2.45) is 0 Å². The Bertz CT molecular complexity index is 381. The van der Waals surface area contributed by atoms with Crippen molar-refractivity contribution < 1.29 is 0 Å². The van der Waals surface area contributed by atoms with Gasteiger partial charge in [0.05, 0.1) is 0 Å². The summed E-state index contributed by atoms with van der Waals surface area (Å²) in [6.45, 7) is 8.19. The third-order valence-electron chi connectivity index (χ3n) is 3.38. The summed E-state index contributed by atoms with van der Waals surface area (Å²) in [6.07, 6.45) is 5.48. The first-order valence-corrected chi connectivity index (χ1v) is 6.17. The topological polar surface area (TPSA) is 12.0 Å². The molecule has 0 saturated carbocycles. The van der Waals surface area contributed by atoms with Crippen LogP contribution in [0.1, 0.15) is 42.5 Å². The Labute approximate surface area is 98.6 Å². The van der Waals surface area contributed by atoms with Crippen LogP contribution >= 0.6 is 0 Å². The minimum Gasteiger partial charge on any atom is -0.307 e. The Morgan fingerprint density at radius 2 is 2.38 bits per heavy atom. The highest BCUT2D eigenvalue weighted by molar-refractivity contribution is 5.37. The Hall–Kier alpha value is -1.08. The molecule has 1 aliphatic rings. The summed E-state index contributed by atoms with van der Waals surface area (Å²) in [6, 6.07) is 7.91. The summed E-state index contributed by atoms with van der Waals surface area (Å²) in [7, 11) is 0. The maximum absolute atomic E-state index is 3.79. The molecule has 0 spiro atoms. The highest BCUT2D eigenvalue weighted by atomic mass is 14.9. The van der Waals surface area contributed by atoms with Gasteiger partial charge in [0.25, 0.3) is 0 Å². The fourth-order valence-corrected chi connectivity index (χ4v) is 2.58. The summed E-state index contributed by atoms with van der Waals surface area (Å²) >= 11 is 0. The molecule has 0 aliphatic heterocycles. The van der Waals surface area contributed by atoms with Crippen molar-refractivity contribution in [3.05, 3.63) is 47.5 Å². The first kappa shape index (κ1) is 11.4. The molecule has 1 aliphatic carbocycles. The smallest absolute Gasteiger partial charge is 0.0328 e. The second kappa shape index (κ2) is 4.84. The lowest BCUT2D eigenvalue weighted by atomic mass is 10.0. The van der Waals surface area contributed by atoms with Crippen LogP contribution in [0, 0.1) is 6.92 Å². The molecule has 0 fully saturated rings. The van der Waals surface area contributed by atoms with Crippen LogP contribution in [-0.2, 0) is 6.42 Å². The number of hydrogen-bond acceptors (Lipinski definition) is 1. The zero-order chi connectivity index (χ0) is 11.5. The Kier molecular flexibility index (Phi) is 3.45. The van der Waals surface area contributed by atoms with Crippen LogP contribution in [0.4, 0.5) is 0 Å². The third-order valence-corrected chi connectivity index (χ3v) is 3.38. The lowest BCUT2D eigenvalue weighted by molar-refractivity contribution is 0.455. The number of rotatable bonds is 4. The number of hydrogen-bond donors (Lipinski definition) is 1. The summed E-state index contributed by atoms with van der Waals surface area (Å²) in [5.74, 6) is 0. The molecule has 0 radical (unpaired) electrons. The van der Waals surface area contributed by atoms with Gasteiger partial charge in [-0.3, -0.25) is 0 Å². The van der Waals surface area contributed by atoms with Crippen molar-refractivity contribution in [3.63, 3.8) is 0 Å². The van der Waals surface area contributed by atoms with Crippen molar-refractivity contribution in [1.82, 2.24) is 5.32 Å². The van der Waals surface area contributed by atoms with Crippen LogP contribution in [0.5, 0.6) is 0 Å². The van der Waals surface area contributed by atoms with Crippen LogP contribution in [-0.4, -0.2) is 6.04 Å². The number of fused-ring (bicyclic) bond motifs is 1. The molecule has 0 saturated heterocycles. The van der Waals surface area contributed by atoms with Gasteiger partial charge in [-0.25, -0.2) is 0 Å². The molecule has 1 aromatic carbocycles. The Morgan fingerprint density at radius 1 is 1.56 bits per heavy atom. The molecule has 0 amide bonds. The Morgan fingerprint density at radius 3 is 3.12 bits per heavy atom. The molecule has 1 aromatic rings. The van der Waals surface area contributed by atoms with E-state index in [1.54, 1.807) is 0 Å². The van der Waals surface area contributed by atoms with Crippen molar-refractivity contribution in [2.45, 2.75) is 45.2 Å². The lowest BCUT2D eigenvalue weighted by Crippen LogP contribution is -2.28. The zero-order valence-corrected chi connectivity index (χ0v) is 10.3. The van der Waals surface area contributed by atoms with E-state index in [1.807, 2.05) is 6.08 Å². The lowest BCUT2D eigenvalue weighted by Gasteiger charge is -2.19. The van der Waals surface area contributed by atoms with Gasteiger partial charge in [0.15, 0.2) is 0 Å². The second-order valence-corrected chi connectivity index (χ2v) is 4.89. The highest BCUT2D eigenvalue weighted by Crippen LogP contribution is 2.32. The minimum atomic E-state index is 0.523. The summed E-state index contributed by atoms with van der Waals surface area (Å²) in [5.41, 5.74) is 4.41. The molecular weight excluding hydrogens is 194 g/mol. The number of nitrogens with one attached hydrogen (secondary N) is 1. The van der Waals surface area contributed by atoms with E-state index in [-0.39, 0.29) is 0 Å². The van der Waals surface area contributed by atoms with Crippen molar-refractivity contribution >= 4 is 0 Å². The van der Waals surface area contributed by atoms with Crippen LogP contribution in [0.25, 0.3) is 0 Å². The average Bonchev–Trinajstić information content (AvgIpc) is 2.61. The molecule has 2 rings (SSSR count). The van der Waals surface area contributed by atoms with Gasteiger partial charge in [0.2, 0.25) is 0 Å². The van der Waals surface area contributed by atoms with E-state index in [2.05, 4.69) is 43.9 Å². The standard InChI is InChI=1S/C15H21N/c1-4-5-12(3)16-15-9-7-13-10-11(2)6-8-14(13)15/h4,6,8,10,12,15-16H,1,5,7,9H2,2-3H3. The molecule has 0 bridgehead atoms. The monoisotopic (exact) mass is 215 g/mol. The van der Waals surface area contributed by atoms with Crippen LogP contribution < -0.4 is 5.32 Å². The van der Waals surface area contributed by atoms with Gasteiger partial charge in [0, 0.05) is 12.1 Å². The molecular formula is C15H21N. The van der Waals surface area contributed by atoms with Crippen LogP contribution in [0.2, 0.25) is 0 Å². The molecule has 86 valence electrons. The highest BCUT2D eigenvalue weighted by Gasteiger charge is 2.22. The minimum absolute atomic E-state index is 0.523. The van der Waals surface area contributed by atoms with Crippen molar-refractivity contribution in [1.29, 1.82) is 0 Å². The predicted molar refractivity (Wildman–Crippen MR) is 69.7 cm³/mol. The van der Waals surface area contributed by atoms with Gasteiger partial charge in [-0.2, -0.15) is 0 Å². The van der Waals surface area contributed by atoms with E-state index in [4.69, 9.17) is 0 Å². The Balaban J connectivity index is 2.08. The van der Waals surface area contributed by atoms with E-state index in [1.165, 1.54) is 29.5 Å². The summed E-state index contributed by atoms with van der Waals surface area (Å²) in [5, 5.41) is 3.68. The van der Waals surface area contributed by atoms with E-state index in [0.29, 0.717) is 12.1 Å². The summed E-state index contributed by atoms with van der Waals surface area (Å²) in [4.78, 5) is 0. The fraction of sp³-hybridized carbons (Fsp3) is 0.467.